The van der Waals surface area contributed by atoms with Crippen LogP contribution < -0.4 is 0 Å². The summed E-state index contributed by atoms with van der Waals surface area (Å²) < 4.78 is 82.9. The lowest BCUT2D eigenvalue weighted by atomic mass is 9.98. The van der Waals surface area contributed by atoms with Crippen LogP contribution in [0.3, 0.4) is 0 Å². The van der Waals surface area contributed by atoms with Gasteiger partial charge in [-0.1, -0.05) is 6.07 Å². The number of likely N-dealkylation sites (N-methyl/N-ethyl adjacent to an activating group) is 1. The minimum Gasteiger partial charge on any atom is -0.475 e. The van der Waals surface area contributed by atoms with Gasteiger partial charge in [0.1, 0.15) is 6.10 Å². The number of nitrogens with zero attached hydrogens (tertiary/aromatic N) is 4. The maximum absolute atomic E-state index is 13.4. The predicted molar refractivity (Wildman–Crippen MR) is 130 cm³/mol. The van der Waals surface area contributed by atoms with E-state index in [1.807, 2.05) is 18.2 Å². The molecular formula is C25H25F7N4O7. The summed E-state index contributed by atoms with van der Waals surface area (Å²) >= 11 is 0. The lowest BCUT2D eigenvalue weighted by Crippen LogP contribution is -2.49. The Morgan fingerprint density at radius 2 is 1.56 bits per heavy atom. The van der Waals surface area contributed by atoms with Crippen LogP contribution in [0.2, 0.25) is 0 Å². The number of hydrogen-bond acceptors (Lipinski definition) is 7. The molecule has 2 amide bonds. The number of rotatable bonds is 4. The molecule has 0 aromatic carbocycles. The van der Waals surface area contributed by atoms with Crippen molar-refractivity contribution >= 4 is 23.8 Å². The first-order valence-corrected chi connectivity index (χ1v) is 12.2. The first kappa shape index (κ1) is 34.8. The molecule has 3 atom stereocenters. The molecule has 2 N–H and O–H groups in total. The molecule has 18 heteroatoms. The number of carboxylic acids is 2. The molecule has 43 heavy (non-hydrogen) atoms. The number of aromatic nitrogens is 2. The summed E-state index contributed by atoms with van der Waals surface area (Å²) in [4.78, 5) is 54.5. The summed E-state index contributed by atoms with van der Waals surface area (Å²) in [5.74, 6) is -6.48. The van der Waals surface area contributed by atoms with Gasteiger partial charge in [-0.25, -0.2) is 14.6 Å². The first-order valence-electron chi connectivity index (χ1n) is 12.2. The predicted octanol–water partition coefficient (Wildman–Crippen LogP) is 3.30. The van der Waals surface area contributed by atoms with Crippen molar-refractivity contribution in [2.45, 2.75) is 56.4 Å². The highest BCUT2D eigenvalue weighted by molar-refractivity contribution is 5.94. The molecule has 2 aromatic rings. The Hall–Kier alpha value is -4.35. The second-order valence-corrected chi connectivity index (χ2v) is 9.08. The smallest absolute Gasteiger partial charge is 0.475 e. The van der Waals surface area contributed by atoms with Gasteiger partial charge in [-0.3, -0.25) is 14.6 Å². The highest BCUT2D eigenvalue weighted by Crippen LogP contribution is 2.33. The van der Waals surface area contributed by atoms with Crippen molar-refractivity contribution in [2.24, 2.45) is 0 Å². The van der Waals surface area contributed by atoms with Crippen molar-refractivity contribution in [1.29, 1.82) is 0 Å². The fourth-order valence-corrected chi connectivity index (χ4v) is 4.12. The van der Waals surface area contributed by atoms with E-state index in [-0.39, 0.29) is 29.5 Å². The lowest BCUT2D eigenvalue weighted by molar-refractivity contribution is -0.193. The third kappa shape index (κ3) is 10.5. The molecule has 2 saturated heterocycles. The Morgan fingerprint density at radius 3 is 2.07 bits per heavy atom. The van der Waals surface area contributed by atoms with Gasteiger partial charge in [-0.2, -0.15) is 30.7 Å². The highest BCUT2D eigenvalue weighted by Gasteiger charge is 2.44. The van der Waals surface area contributed by atoms with E-state index in [1.54, 1.807) is 23.0 Å². The number of pyridine rings is 2. The SMILES string of the molecule is CN(Cc1ccccn1)C(=O)[C@@H]1CC[C@@H]2[C@@H](CCN2C(=O)c2ccnc(F)c2)O1.O=C(O)C(F)(F)F.O=C(O)C(F)(F)F. The molecule has 0 bridgehead atoms. The van der Waals surface area contributed by atoms with E-state index in [1.165, 1.54) is 12.3 Å². The second-order valence-electron chi connectivity index (χ2n) is 9.08. The molecule has 0 saturated carbocycles. The van der Waals surface area contributed by atoms with Gasteiger partial charge in [-0.05, 0) is 37.5 Å². The summed E-state index contributed by atoms with van der Waals surface area (Å²) in [6.07, 6.45) is -5.99. The van der Waals surface area contributed by atoms with Crippen LogP contribution in [0.1, 0.15) is 35.3 Å². The zero-order valence-corrected chi connectivity index (χ0v) is 22.2. The zero-order chi connectivity index (χ0) is 32.5. The van der Waals surface area contributed by atoms with E-state index < -0.39 is 36.3 Å². The number of fused-ring (bicyclic) bond motifs is 1. The Balaban J connectivity index is 0.000000384. The largest absolute Gasteiger partial charge is 0.490 e. The summed E-state index contributed by atoms with van der Waals surface area (Å²) in [6, 6.07) is 8.18. The van der Waals surface area contributed by atoms with Gasteiger partial charge in [0.15, 0.2) is 0 Å². The monoisotopic (exact) mass is 626 g/mol. The third-order valence-electron chi connectivity index (χ3n) is 6.04. The average Bonchev–Trinajstić information content (AvgIpc) is 3.35. The topological polar surface area (TPSA) is 150 Å². The van der Waals surface area contributed by atoms with Gasteiger partial charge < -0.3 is 24.7 Å². The van der Waals surface area contributed by atoms with Gasteiger partial charge in [-0.15, -0.1) is 0 Å². The maximum atomic E-state index is 13.4. The molecule has 0 unspecified atom stereocenters. The number of amides is 2. The van der Waals surface area contributed by atoms with Crippen LogP contribution in [0.5, 0.6) is 0 Å². The van der Waals surface area contributed by atoms with E-state index in [0.717, 1.165) is 11.8 Å². The van der Waals surface area contributed by atoms with Gasteiger partial charge in [0.25, 0.3) is 11.8 Å². The van der Waals surface area contributed by atoms with Gasteiger partial charge in [0, 0.05) is 37.6 Å². The van der Waals surface area contributed by atoms with Crippen LogP contribution in [0, 0.1) is 5.95 Å². The average molecular weight is 626 g/mol. The summed E-state index contributed by atoms with van der Waals surface area (Å²) in [6.45, 7) is 0.953. The minimum absolute atomic E-state index is 0.0740. The van der Waals surface area contributed by atoms with Crippen molar-refractivity contribution in [1.82, 2.24) is 19.8 Å². The molecule has 2 aromatic heterocycles. The molecule has 236 valence electrons. The van der Waals surface area contributed by atoms with E-state index in [9.17, 15) is 40.3 Å². The summed E-state index contributed by atoms with van der Waals surface area (Å²) in [5.41, 5.74) is 1.10. The van der Waals surface area contributed by atoms with Crippen LogP contribution in [-0.4, -0.2) is 97.9 Å². The molecule has 0 spiro atoms. The molecule has 4 rings (SSSR count). The van der Waals surface area contributed by atoms with Crippen molar-refractivity contribution in [3.8, 4) is 0 Å². The fraction of sp³-hybridized carbons (Fsp3) is 0.440. The fourth-order valence-electron chi connectivity index (χ4n) is 4.12. The molecular weight excluding hydrogens is 601 g/mol. The summed E-state index contributed by atoms with van der Waals surface area (Å²) in [7, 11) is 1.74. The molecule has 4 heterocycles. The van der Waals surface area contributed by atoms with Gasteiger partial charge in [0.05, 0.1) is 24.4 Å². The molecule has 2 fully saturated rings. The molecule has 2 aliphatic rings. The van der Waals surface area contributed by atoms with E-state index >= 15 is 0 Å². The van der Waals surface area contributed by atoms with E-state index in [4.69, 9.17) is 24.5 Å². The highest BCUT2D eigenvalue weighted by atomic mass is 19.4. The second kappa shape index (κ2) is 14.7. The maximum Gasteiger partial charge on any atom is 0.490 e. The minimum atomic E-state index is -5.08. The Morgan fingerprint density at radius 1 is 0.953 bits per heavy atom. The Labute approximate surface area is 238 Å². The van der Waals surface area contributed by atoms with E-state index in [2.05, 4.69) is 9.97 Å². The van der Waals surface area contributed by atoms with Gasteiger partial charge in [0.2, 0.25) is 5.95 Å². The molecule has 0 aliphatic carbocycles. The summed E-state index contributed by atoms with van der Waals surface area (Å²) in [5, 5.41) is 14.2. The number of likely N-dealkylation sites (tertiary alicyclic amines) is 1. The van der Waals surface area contributed by atoms with Crippen molar-refractivity contribution in [3.63, 3.8) is 0 Å². The zero-order valence-electron chi connectivity index (χ0n) is 22.2. The quantitative estimate of drug-likeness (QED) is 0.385. The van der Waals surface area contributed by atoms with Crippen LogP contribution in [0.4, 0.5) is 30.7 Å². The molecule has 0 radical (unpaired) electrons. The standard InChI is InChI=1S/C21H23FN4O3.2C2HF3O2/c1-25(13-15-4-2-3-9-23-15)21(28)18-6-5-16-17(29-18)8-11-26(16)20(27)14-7-10-24-19(22)12-14;2*3-2(4,5)1(6)7/h2-4,7,9-10,12,16-18H,5-6,8,11,13H2,1H3;2*(H,6,7)/t16-,17-,18+;;/m1../s1. The normalized spacial score (nSPS) is 19.5. The van der Waals surface area contributed by atoms with Crippen LogP contribution in [-0.2, 0) is 25.7 Å². The molecule has 11 nitrogen and oxygen atoms in total. The lowest BCUT2D eigenvalue weighted by Gasteiger charge is -2.36. The number of carboxylic acid groups (broad SMARTS) is 2. The Bertz CT molecular complexity index is 1250. The number of carbonyl (C=O) groups is 4. The number of aliphatic carboxylic acids is 2. The number of hydrogen-bond donors (Lipinski definition) is 2. The first-order chi connectivity index (χ1) is 19.9. The van der Waals surface area contributed by atoms with Crippen molar-refractivity contribution in [2.75, 3.05) is 13.6 Å². The number of ether oxygens (including phenoxy) is 1. The molecule has 2 aliphatic heterocycles. The van der Waals surface area contributed by atoms with Crippen LogP contribution in [0.25, 0.3) is 0 Å². The van der Waals surface area contributed by atoms with Crippen molar-refractivity contribution < 1.29 is 64.9 Å². The van der Waals surface area contributed by atoms with Crippen LogP contribution in [0.15, 0.2) is 42.7 Å². The van der Waals surface area contributed by atoms with Crippen molar-refractivity contribution in [3.05, 3.63) is 59.9 Å². The number of alkyl halides is 6. The number of carbonyl (C=O) groups excluding carboxylic acids is 2. The van der Waals surface area contributed by atoms with Gasteiger partial charge >= 0.3 is 24.3 Å². The van der Waals surface area contributed by atoms with Crippen LogP contribution >= 0.6 is 0 Å². The number of halogens is 7. The Kier molecular flexibility index (Phi) is 11.9. The third-order valence-corrected chi connectivity index (χ3v) is 6.04. The van der Waals surface area contributed by atoms with E-state index in [0.29, 0.717) is 32.4 Å².